The summed E-state index contributed by atoms with van der Waals surface area (Å²) >= 11 is 0. The van der Waals surface area contributed by atoms with Gasteiger partial charge in [0.05, 0.1) is 12.2 Å². The molecule has 0 saturated carbocycles. The maximum atomic E-state index is 4.20. The molecular formula is C14H27N5. The molecule has 2 heterocycles. The minimum absolute atomic E-state index is 0.709. The van der Waals surface area contributed by atoms with Gasteiger partial charge in [-0.2, -0.15) is 0 Å². The van der Waals surface area contributed by atoms with Gasteiger partial charge in [-0.25, -0.2) is 0 Å². The number of hydrogen-bond acceptors (Lipinski definition) is 4. The van der Waals surface area contributed by atoms with Gasteiger partial charge in [0.1, 0.15) is 0 Å². The average molecular weight is 265 g/mol. The van der Waals surface area contributed by atoms with E-state index in [4.69, 9.17) is 0 Å². The normalized spacial score (nSPS) is 24.8. The van der Waals surface area contributed by atoms with E-state index in [1.807, 2.05) is 4.68 Å². The summed E-state index contributed by atoms with van der Waals surface area (Å²) in [6.07, 6.45) is 4.75. The highest BCUT2D eigenvalue weighted by Gasteiger charge is 2.22. The predicted octanol–water partition coefficient (Wildman–Crippen LogP) is 1.51. The molecule has 0 aromatic carbocycles. The first-order chi connectivity index (χ1) is 9.19. The molecule has 1 N–H and O–H groups in total. The molecule has 1 saturated heterocycles. The summed E-state index contributed by atoms with van der Waals surface area (Å²) < 4.78 is 1.97. The fourth-order valence-electron chi connectivity index (χ4n) is 2.70. The number of aromatic nitrogens is 3. The summed E-state index contributed by atoms with van der Waals surface area (Å²) in [5.74, 6) is 0.830. The fourth-order valence-corrected chi connectivity index (χ4v) is 2.70. The lowest BCUT2D eigenvalue weighted by molar-refractivity contribution is 0.119. The summed E-state index contributed by atoms with van der Waals surface area (Å²) in [4.78, 5) is 2.58. The van der Waals surface area contributed by atoms with Gasteiger partial charge in [0.25, 0.3) is 0 Å². The Hall–Kier alpha value is -0.940. The molecular weight excluding hydrogens is 238 g/mol. The van der Waals surface area contributed by atoms with E-state index in [1.165, 1.54) is 19.4 Å². The molecule has 1 aliphatic heterocycles. The molecule has 0 bridgehead atoms. The Kier molecular flexibility index (Phi) is 5.34. The van der Waals surface area contributed by atoms with Gasteiger partial charge in [-0.1, -0.05) is 19.1 Å². The maximum Gasteiger partial charge on any atom is 0.0964 e. The van der Waals surface area contributed by atoms with Gasteiger partial charge < -0.3 is 5.32 Å². The maximum absolute atomic E-state index is 4.20. The third kappa shape index (κ3) is 4.28. The SMILES string of the molecule is CCNCc1cn(CCN2CC(C)CCC2C)nn1. The lowest BCUT2D eigenvalue weighted by Crippen LogP contribution is -2.42. The van der Waals surface area contributed by atoms with Crippen molar-refractivity contribution in [2.75, 3.05) is 19.6 Å². The smallest absolute Gasteiger partial charge is 0.0964 e. The van der Waals surface area contributed by atoms with Crippen LogP contribution in [0.1, 0.15) is 39.3 Å². The minimum atomic E-state index is 0.709. The van der Waals surface area contributed by atoms with Crippen LogP contribution >= 0.6 is 0 Å². The Bertz CT molecular complexity index is 376. The van der Waals surface area contributed by atoms with Crippen molar-refractivity contribution in [2.45, 2.75) is 52.7 Å². The van der Waals surface area contributed by atoms with E-state index in [0.717, 1.165) is 37.8 Å². The minimum Gasteiger partial charge on any atom is -0.311 e. The van der Waals surface area contributed by atoms with E-state index in [9.17, 15) is 0 Å². The largest absolute Gasteiger partial charge is 0.311 e. The van der Waals surface area contributed by atoms with Gasteiger partial charge in [-0.05, 0) is 32.2 Å². The van der Waals surface area contributed by atoms with Crippen LogP contribution in [0.2, 0.25) is 0 Å². The number of rotatable bonds is 6. The molecule has 2 atom stereocenters. The van der Waals surface area contributed by atoms with Crippen LogP contribution in [0.3, 0.4) is 0 Å². The van der Waals surface area contributed by atoms with Crippen molar-refractivity contribution in [3.63, 3.8) is 0 Å². The van der Waals surface area contributed by atoms with Crippen LogP contribution in [0.5, 0.6) is 0 Å². The Morgan fingerprint density at radius 2 is 2.16 bits per heavy atom. The molecule has 5 nitrogen and oxygen atoms in total. The second-order valence-corrected chi connectivity index (χ2v) is 5.78. The van der Waals surface area contributed by atoms with Crippen molar-refractivity contribution < 1.29 is 0 Å². The first-order valence-electron chi connectivity index (χ1n) is 7.52. The Labute approximate surface area is 116 Å². The van der Waals surface area contributed by atoms with Crippen molar-refractivity contribution in [2.24, 2.45) is 5.92 Å². The van der Waals surface area contributed by atoms with E-state index in [-0.39, 0.29) is 0 Å². The summed E-state index contributed by atoms with van der Waals surface area (Å²) in [6.45, 7) is 11.8. The highest BCUT2D eigenvalue weighted by atomic mass is 15.4. The lowest BCUT2D eigenvalue weighted by Gasteiger charge is -2.36. The predicted molar refractivity (Wildman–Crippen MR) is 76.8 cm³/mol. The zero-order valence-electron chi connectivity index (χ0n) is 12.5. The number of nitrogens with zero attached hydrogens (tertiary/aromatic N) is 4. The molecule has 0 amide bonds. The van der Waals surface area contributed by atoms with Gasteiger partial charge in [-0.3, -0.25) is 9.58 Å². The Morgan fingerprint density at radius 3 is 2.95 bits per heavy atom. The number of nitrogens with one attached hydrogen (secondary N) is 1. The molecule has 1 aliphatic rings. The summed E-state index contributed by atoms with van der Waals surface area (Å²) in [5, 5.41) is 11.7. The number of hydrogen-bond donors (Lipinski definition) is 1. The average Bonchev–Trinajstić information content (AvgIpc) is 2.85. The lowest BCUT2D eigenvalue weighted by atomic mass is 9.95. The van der Waals surface area contributed by atoms with Gasteiger partial charge >= 0.3 is 0 Å². The van der Waals surface area contributed by atoms with E-state index < -0.39 is 0 Å². The zero-order valence-corrected chi connectivity index (χ0v) is 12.5. The molecule has 0 radical (unpaired) electrons. The summed E-state index contributed by atoms with van der Waals surface area (Å²) in [6, 6.07) is 0.709. The molecule has 1 aromatic heterocycles. The van der Waals surface area contributed by atoms with E-state index in [1.54, 1.807) is 0 Å². The molecule has 2 unspecified atom stereocenters. The highest BCUT2D eigenvalue weighted by Crippen LogP contribution is 2.20. The van der Waals surface area contributed by atoms with Crippen LogP contribution in [0.15, 0.2) is 6.20 Å². The van der Waals surface area contributed by atoms with Gasteiger partial charge in [0.15, 0.2) is 0 Å². The first kappa shape index (κ1) is 14.5. The summed E-state index contributed by atoms with van der Waals surface area (Å²) in [7, 11) is 0. The van der Waals surface area contributed by atoms with Gasteiger partial charge in [-0.15, -0.1) is 5.10 Å². The van der Waals surface area contributed by atoms with E-state index >= 15 is 0 Å². The molecule has 108 valence electrons. The van der Waals surface area contributed by atoms with Crippen LogP contribution in [-0.2, 0) is 13.1 Å². The van der Waals surface area contributed by atoms with Crippen LogP contribution in [0, 0.1) is 5.92 Å². The van der Waals surface area contributed by atoms with Crippen LogP contribution in [0.4, 0.5) is 0 Å². The van der Waals surface area contributed by atoms with Crippen molar-refractivity contribution in [1.82, 2.24) is 25.2 Å². The molecule has 0 aliphatic carbocycles. The fraction of sp³-hybridized carbons (Fsp3) is 0.857. The van der Waals surface area contributed by atoms with Gasteiger partial charge in [0.2, 0.25) is 0 Å². The topological polar surface area (TPSA) is 46.0 Å². The molecule has 19 heavy (non-hydrogen) atoms. The Morgan fingerprint density at radius 1 is 1.32 bits per heavy atom. The first-order valence-corrected chi connectivity index (χ1v) is 7.52. The second kappa shape index (κ2) is 7.01. The third-order valence-corrected chi connectivity index (χ3v) is 4.01. The monoisotopic (exact) mass is 265 g/mol. The molecule has 5 heteroatoms. The van der Waals surface area contributed by atoms with Crippen LogP contribution < -0.4 is 5.32 Å². The van der Waals surface area contributed by atoms with Gasteiger partial charge in [0, 0.05) is 31.9 Å². The van der Waals surface area contributed by atoms with E-state index in [0.29, 0.717) is 6.04 Å². The Balaban J connectivity index is 1.79. The standard InChI is InChI=1S/C14H27N5/c1-4-15-9-14-11-19(17-16-14)8-7-18-10-12(2)5-6-13(18)3/h11-13,15H,4-10H2,1-3H3. The van der Waals surface area contributed by atoms with E-state index in [2.05, 4.69) is 47.5 Å². The van der Waals surface area contributed by atoms with Crippen molar-refractivity contribution >= 4 is 0 Å². The van der Waals surface area contributed by atoms with Crippen LogP contribution in [-0.4, -0.2) is 45.6 Å². The molecule has 2 rings (SSSR count). The second-order valence-electron chi connectivity index (χ2n) is 5.78. The summed E-state index contributed by atoms with van der Waals surface area (Å²) in [5.41, 5.74) is 1.03. The van der Waals surface area contributed by atoms with Crippen molar-refractivity contribution in [3.8, 4) is 0 Å². The quantitative estimate of drug-likeness (QED) is 0.847. The third-order valence-electron chi connectivity index (χ3n) is 4.01. The van der Waals surface area contributed by atoms with Crippen LogP contribution in [0.25, 0.3) is 0 Å². The molecule has 1 aromatic rings. The van der Waals surface area contributed by atoms with Crippen molar-refractivity contribution in [1.29, 1.82) is 0 Å². The number of piperidine rings is 1. The zero-order chi connectivity index (χ0) is 13.7. The number of likely N-dealkylation sites (tertiary alicyclic amines) is 1. The highest BCUT2D eigenvalue weighted by molar-refractivity contribution is 4.91. The molecule has 0 spiro atoms. The van der Waals surface area contributed by atoms with Crippen molar-refractivity contribution in [3.05, 3.63) is 11.9 Å². The molecule has 1 fully saturated rings.